The third-order valence-corrected chi connectivity index (χ3v) is 4.12. The predicted octanol–water partition coefficient (Wildman–Crippen LogP) is 1.59. The van der Waals surface area contributed by atoms with E-state index in [1.165, 1.54) is 7.11 Å². The molecular formula is C15H23N3O2. The number of hydrogen-bond acceptors (Lipinski definition) is 5. The van der Waals surface area contributed by atoms with Crippen molar-refractivity contribution in [3.05, 3.63) is 23.8 Å². The number of nitrogen functional groups attached to an aromatic ring is 1. The second-order valence-electron chi connectivity index (χ2n) is 5.92. The molecule has 0 spiro atoms. The van der Waals surface area contributed by atoms with E-state index in [1.54, 1.807) is 6.07 Å². The van der Waals surface area contributed by atoms with Gasteiger partial charge < -0.3 is 15.4 Å². The molecular weight excluding hydrogens is 254 g/mol. The fourth-order valence-corrected chi connectivity index (χ4v) is 2.49. The molecule has 2 N–H and O–H groups in total. The fraction of sp³-hybridized carbons (Fsp3) is 0.533. The Labute approximate surface area is 120 Å². The van der Waals surface area contributed by atoms with E-state index in [1.807, 2.05) is 12.1 Å². The number of carbonyl (C=O) groups is 1. The molecule has 2 rings (SSSR count). The monoisotopic (exact) mass is 277 g/mol. The van der Waals surface area contributed by atoms with Gasteiger partial charge in [0.25, 0.3) is 0 Å². The maximum absolute atomic E-state index is 11.7. The predicted molar refractivity (Wildman–Crippen MR) is 81.1 cm³/mol. The van der Waals surface area contributed by atoms with Crippen LogP contribution in [0.15, 0.2) is 18.2 Å². The van der Waals surface area contributed by atoms with Crippen molar-refractivity contribution in [1.29, 1.82) is 0 Å². The second-order valence-corrected chi connectivity index (χ2v) is 5.92. The first kappa shape index (κ1) is 14.7. The second kappa shape index (κ2) is 5.32. The van der Waals surface area contributed by atoms with Gasteiger partial charge in [0.1, 0.15) is 0 Å². The molecule has 1 heterocycles. The molecule has 1 saturated heterocycles. The Balaban J connectivity index is 2.28. The van der Waals surface area contributed by atoms with Crippen molar-refractivity contribution < 1.29 is 9.53 Å². The van der Waals surface area contributed by atoms with Crippen LogP contribution in [0, 0.1) is 0 Å². The molecule has 0 aliphatic carbocycles. The summed E-state index contributed by atoms with van der Waals surface area (Å²) in [5, 5.41) is 0. The smallest absolute Gasteiger partial charge is 0.340 e. The number of benzene rings is 1. The Bertz CT molecular complexity index is 514. The Kier molecular flexibility index (Phi) is 3.90. The molecule has 5 heteroatoms. The number of nitrogens with zero attached hydrogens (tertiary/aromatic N) is 2. The summed E-state index contributed by atoms with van der Waals surface area (Å²) < 4.78 is 4.77. The van der Waals surface area contributed by atoms with Crippen molar-refractivity contribution in [3.8, 4) is 0 Å². The zero-order chi connectivity index (χ0) is 14.9. The summed E-state index contributed by atoms with van der Waals surface area (Å²) in [6.45, 7) is 7.28. The highest BCUT2D eigenvalue weighted by Gasteiger charge is 2.31. The van der Waals surface area contributed by atoms with Gasteiger partial charge in [-0.1, -0.05) is 0 Å². The van der Waals surface area contributed by atoms with Gasteiger partial charge in [-0.05, 0) is 39.1 Å². The van der Waals surface area contributed by atoms with Gasteiger partial charge >= 0.3 is 5.97 Å². The van der Waals surface area contributed by atoms with Crippen LogP contribution in [0.4, 0.5) is 11.4 Å². The summed E-state index contributed by atoms with van der Waals surface area (Å²) in [5.41, 5.74) is 7.85. The molecule has 1 aliphatic rings. The van der Waals surface area contributed by atoms with Crippen molar-refractivity contribution in [2.75, 3.05) is 44.4 Å². The van der Waals surface area contributed by atoms with Crippen LogP contribution in [0.1, 0.15) is 24.2 Å². The first-order chi connectivity index (χ1) is 9.35. The summed E-state index contributed by atoms with van der Waals surface area (Å²) >= 11 is 0. The third kappa shape index (κ3) is 2.72. The molecule has 0 aromatic heterocycles. The summed E-state index contributed by atoms with van der Waals surface area (Å²) in [6, 6.07) is 5.55. The average Bonchev–Trinajstić information content (AvgIpc) is 2.41. The van der Waals surface area contributed by atoms with Crippen LogP contribution >= 0.6 is 0 Å². The van der Waals surface area contributed by atoms with Gasteiger partial charge in [0, 0.05) is 36.5 Å². The van der Waals surface area contributed by atoms with Gasteiger partial charge in [-0.2, -0.15) is 0 Å². The number of anilines is 2. The Morgan fingerprint density at radius 3 is 2.65 bits per heavy atom. The van der Waals surface area contributed by atoms with Crippen molar-refractivity contribution in [2.24, 2.45) is 0 Å². The van der Waals surface area contributed by atoms with Crippen LogP contribution in [0.25, 0.3) is 0 Å². The van der Waals surface area contributed by atoms with Gasteiger partial charge in [0.05, 0.1) is 12.7 Å². The zero-order valence-electron chi connectivity index (χ0n) is 12.6. The molecule has 0 atom stereocenters. The first-order valence-corrected chi connectivity index (χ1v) is 6.79. The van der Waals surface area contributed by atoms with Crippen LogP contribution in [-0.2, 0) is 4.74 Å². The maximum atomic E-state index is 11.7. The topological polar surface area (TPSA) is 58.8 Å². The number of piperazine rings is 1. The fourth-order valence-electron chi connectivity index (χ4n) is 2.49. The molecule has 1 aliphatic heterocycles. The number of ether oxygens (including phenoxy) is 1. The summed E-state index contributed by atoms with van der Waals surface area (Å²) in [7, 11) is 3.51. The van der Waals surface area contributed by atoms with Crippen molar-refractivity contribution >= 4 is 17.3 Å². The highest BCUT2D eigenvalue weighted by molar-refractivity contribution is 5.96. The van der Waals surface area contributed by atoms with Crippen LogP contribution < -0.4 is 10.6 Å². The molecule has 1 aromatic rings. The lowest BCUT2D eigenvalue weighted by Gasteiger charge is -2.46. The third-order valence-electron chi connectivity index (χ3n) is 4.12. The Morgan fingerprint density at radius 2 is 2.05 bits per heavy atom. The molecule has 0 radical (unpaired) electrons. The normalized spacial score (nSPS) is 18.9. The van der Waals surface area contributed by atoms with Gasteiger partial charge in [0.2, 0.25) is 0 Å². The van der Waals surface area contributed by atoms with Gasteiger partial charge in [0.15, 0.2) is 0 Å². The van der Waals surface area contributed by atoms with Gasteiger partial charge in [-0.15, -0.1) is 0 Å². The van der Waals surface area contributed by atoms with Crippen molar-refractivity contribution in [3.63, 3.8) is 0 Å². The summed E-state index contributed by atoms with van der Waals surface area (Å²) in [4.78, 5) is 16.4. The molecule has 20 heavy (non-hydrogen) atoms. The van der Waals surface area contributed by atoms with Crippen LogP contribution in [0.3, 0.4) is 0 Å². The van der Waals surface area contributed by atoms with E-state index in [2.05, 4.69) is 30.7 Å². The lowest BCUT2D eigenvalue weighted by atomic mass is 9.99. The molecule has 1 fully saturated rings. The molecule has 0 unspecified atom stereocenters. The minimum atomic E-state index is -0.391. The highest BCUT2D eigenvalue weighted by Crippen LogP contribution is 2.27. The van der Waals surface area contributed by atoms with Crippen LogP contribution in [0.5, 0.6) is 0 Å². The van der Waals surface area contributed by atoms with E-state index in [-0.39, 0.29) is 5.54 Å². The number of hydrogen-bond donors (Lipinski definition) is 1. The maximum Gasteiger partial charge on any atom is 0.340 e. The Morgan fingerprint density at radius 1 is 1.35 bits per heavy atom. The summed E-state index contributed by atoms with van der Waals surface area (Å²) in [6.07, 6.45) is 0. The molecule has 0 saturated carbocycles. The van der Waals surface area contributed by atoms with Gasteiger partial charge in [-0.3, -0.25) is 4.90 Å². The standard InChI is InChI=1S/C15H23N3O2/c1-15(2)10-18(8-7-17(15)3)11-5-6-13(16)12(9-11)14(19)20-4/h5-6,9H,7-8,10,16H2,1-4H3. The molecule has 0 amide bonds. The number of carbonyl (C=O) groups excluding carboxylic acids is 1. The zero-order valence-corrected chi connectivity index (χ0v) is 12.6. The van der Waals surface area contributed by atoms with E-state index in [9.17, 15) is 4.79 Å². The first-order valence-electron chi connectivity index (χ1n) is 6.79. The van der Waals surface area contributed by atoms with Crippen molar-refractivity contribution in [1.82, 2.24) is 4.90 Å². The van der Waals surface area contributed by atoms with E-state index in [4.69, 9.17) is 10.5 Å². The molecule has 1 aromatic carbocycles. The quantitative estimate of drug-likeness (QED) is 0.657. The largest absolute Gasteiger partial charge is 0.465 e. The van der Waals surface area contributed by atoms with Gasteiger partial charge in [-0.25, -0.2) is 4.79 Å². The number of rotatable bonds is 2. The number of esters is 1. The van der Waals surface area contributed by atoms with E-state index < -0.39 is 5.97 Å². The molecule has 0 bridgehead atoms. The lowest BCUT2D eigenvalue weighted by Crippen LogP contribution is -2.57. The minimum absolute atomic E-state index is 0.102. The van der Waals surface area contributed by atoms with Crippen LogP contribution in [-0.4, -0.2) is 50.2 Å². The Hall–Kier alpha value is -1.75. The van der Waals surface area contributed by atoms with E-state index in [0.717, 1.165) is 25.3 Å². The minimum Gasteiger partial charge on any atom is -0.465 e. The molecule has 110 valence electrons. The highest BCUT2D eigenvalue weighted by atomic mass is 16.5. The lowest BCUT2D eigenvalue weighted by molar-refractivity contribution is 0.0602. The number of nitrogens with two attached hydrogens (primary N) is 1. The van der Waals surface area contributed by atoms with E-state index in [0.29, 0.717) is 11.3 Å². The molecule has 5 nitrogen and oxygen atoms in total. The van der Waals surface area contributed by atoms with E-state index >= 15 is 0 Å². The average molecular weight is 277 g/mol. The number of methoxy groups -OCH3 is 1. The van der Waals surface area contributed by atoms with Crippen LogP contribution in [0.2, 0.25) is 0 Å². The number of likely N-dealkylation sites (N-methyl/N-ethyl adjacent to an activating group) is 1. The summed E-state index contributed by atoms with van der Waals surface area (Å²) in [5.74, 6) is -0.391. The van der Waals surface area contributed by atoms with Crippen molar-refractivity contribution in [2.45, 2.75) is 19.4 Å². The SMILES string of the molecule is COC(=O)c1cc(N2CCN(C)C(C)(C)C2)ccc1N.